The molecule has 40 heavy (non-hydrogen) atoms. The monoisotopic (exact) mass is 539 g/mol. The molecule has 0 saturated heterocycles. The number of carboxylic acid groups (broad SMARTS) is 2. The van der Waals surface area contributed by atoms with Gasteiger partial charge in [0.05, 0.1) is 12.3 Å². The molecular formula is C33H33NO6. The van der Waals surface area contributed by atoms with Crippen LogP contribution in [0.15, 0.2) is 89.3 Å². The molecule has 7 heteroatoms. The number of aryl methyl sites for hydroxylation is 1. The zero-order valence-corrected chi connectivity index (χ0v) is 22.5. The molecule has 1 fully saturated rings. The summed E-state index contributed by atoms with van der Waals surface area (Å²) < 4.78 is 5.83. The average Bonchev–Trinajstić information content (AvgIpc) is 3.59. The van der Waals surface area contributed by atoms with Gasteiger partial charge in [0.2, 0.25) is 0 Å². The van der Waals surface area contributed by atoms with Gasteiger partial charge in [0.25, 0.3) is 0 Å². The van der Waals surface area contributed by atoms with Crippen LogP contribution in [0.3, 0.4) is 0 Å². The molecule has 0 bridgehead atoms. The van der Waals surface area contributed by atoms with Crippen molar-refractivity contribution in [3.63, 3.8) is 0 Å². The summed E-state index contributed by atoms with van der Waals surface area (Å²) in [7, 11) is 0. The van der Waals surface area contributed by atoms with E-state index >= 15 is 0 Å². The number of ketones is 1. The molecule has 1 saturated carbocycles. The van der Waals surface area contributed by atoms with Crippen molar-refractivity contribution >= 4 is 17.7 Å². The van der Waals surface area contributed by atoms with Crippen LogP contribution in [0.25, 0.3) is 22.6 Å². The lowest BCUT2D eigenvalue weighted by Crippen LogP contribution is -2.10. The third-order valence-electron chi connectivity index (χ3n) is 7.07. The van der Waals surface area contributed by atoms with Gasteiger partial charge in [0.15, 0.2) is 11.7 Å². The fourth-order valence-corrected chi connectivity index (χ4v) is 4.74. The largest absolute Gasteiger partial charge is 0.481 e. The second-order valence-electron chi connectivity index (χ2n) is 9.97. The number of oxazole rings is 1. The Morgan fingerprint density at radius 1 is 0.925 bits per heavy atom. The fourth-order valence-electron chi connectivity index (χ4n) is 4.74. The minimum atomic E-state index is -0.860. The van der Waals surface area contributed by atoms with E-state index in [0.29, 0.717) is 17.4 Å². The van der Waals surface area contributed by atoms with Gasteiger partial charge in [0, 0.05) is 29.9 Å². The SMILES string of the molecule is CC(C(=O)O)c1ccc(CC2CCCC2=O)cc1.O=C(O)CCc1nc(-c2ccccc2)c(-c2ccccc2)o1. The van der Waals surface area contributed by atoms with Crippen molar-refractivity contribution in [1.82, 2.24) is 4.98 Å². The zero-order valence-electron chi connectivity index (χ0n) is 22.5. The van der Waals surface area contributed by atoms with E-state index in [2.05, 4.69) is 4.98 Å². The number of carboxylic acids is 2. The molecule has 0 amide bonds. The van der Waals surface area contributed by atoms with E-state index in [4.69, 9.17) is 14.6 Å². The van der Waals surface area contributed by atoms with Crippen molar-refractivity contribution < 1.29 is 29.0 Å². The average molecular weight is 540 g/mol. The van der Waals surface area contributed by atoms with Gasteiger partial charge in [-0.3, -0.25) is 14.4 Å². The standard InChI is InChI=1S/C18H15NO3.C15H18O3/c20-16(21)12-11-15-19-17(13-7-3-1-4-8-13)18(22-15)14-9-5-2-6-10-14;1-10(15(17)18)12-7-5-11(6-8-12)9-13-3-2-4-14(13)16/h1-10H,11-12H2,(H,20,21);5-8,10,13H,2-4,9H2,1H3,(H,17,18). The normalized spacial score (nSPS) is 15.2. The molecule has 0 spiro atoms. The van der Waals surface area contributed by atoms with Gasteiger partial charge in [-0.1, -0.05) is 84.9 Å². The van der Waals surface area contributed by atoms with E-state index in [-0.39, 0.29) is 18.8 Å². The predicted octanol–water partition coefficient (Wildman–Crippen LogP) is 6.81. The van der Waals surface area contributed by atoms with Crippen LogP contribution < -0.4 is 0 Å². The van der Waals surface area contributed by atoms with E-state index in [9.17, 15) is 14.4 Å². The van der Waals surface area contributed by atoms with Crippen molar-refractivity contribution in [2.45, 2.75) is 51.4 Å². The number of aromatic nitrogens is 1. The van der Waals surface area contributed by atoms with Crippen LogP contribution in [0, 0.1) is 5.92 Å². The van der Waals surface area contributed by atoms with E-state index in [0.717, 1.165) is 53.6 Å². The van der Waals surface area contributed by atoms with Crippen molar-refractivity contribution in [1.29, 1.82) is 0 Å². The Balaban J connectivity index is 0.000000189. The summed E-state index contributed by atoms with van der Waals surface area (Å²) in [5.41, 5.74) is 4.55. The quantitative estimate of drug-likeness (QED) is 0.240. The topological polar surface area (TPSA) is 118 Å². The number of rotatable bonds is 9. The van der Waals surface area contributed by atoms with Gasteiger partial charge in [-0.25, -0.2) is 4.98 Å². The third-order valence-corrected chi connectivity index (χ3v) is 7.07. The minimum Gasteiger partial charge on any atom is -0.481 e. The van der Waals surface area contributed by atoms with Gasteiger partial charge < -0.3 is 14.6 Å². The van der Waals surface area contributed by atoms with Crippen LogP contribution in [0.1, 0.15) is 55.5 Å². The molecule has 2 unspecified atom stereocenters. The van der Waals surface area contributed by atoms with Crippen LogP contribution in [0.4, 0.5) is 0 Å². The van der Waals surface area contributed by atoms with Gasteiger partial charge in [-0.05, 0) is 37.3 Å². The summed E-state index contributed by atoms with van der Waals surface area (Å²) in [6.45, 7) is 1.68. The Hall–Kier alpha value is -4.52. The van der Waals surface area contributed by atoms with Crippen LogP contribution in [-0.4, -0.2) is 32.9 Å². The van der Waals surface area contributed by atoms with Gasteiger partial charge >= 0.3 is 11.9 Å². The molecule has 3 aromatic carbocycles. The Morgan fingerprint density at radius 3 is 2.10 bits per heavy atom. The Kier molecular flexibility index (Phi) is 9.62. The number of hydrogen-bond acceptors (Lipinski definition) is 5. The summed E-state index contributed by atoms with van der Waals surface area (Å²) in [5, 5.41) is 17.7. The van der Waals surface area contributed by atoms with Crippen molar-refractivity contribution in [3.8, 4) is 22.6 Å². The Bertz CT molecular complexity index is 1370. The van der Waals surface area contributed by atoms with Crippen LogP contribution >= 0.6 is 0 Å². The first kappa shape index (κ1) is 28.5. The van der Waals surface area contributed by atoms with Gasteiger partial charge in [0.1, 0.15) is 11.5 Å². The molecule has 2 atom stereocenters. The molecule has 5 rings (SSSR count). The first-order valence-electron chi connectivity index (χ1n) is 13.5. The smallest absolute Gasteiger partial charge is 0.310 e. The lowest BCUT2D eigenvalue weighted by Gasteiger charge is -2.10. The first-order valence-corrected chi connectivity index (χ1v) is 13.5. The van der Waals surface area contributed by atoms with Crippen LogP contribution in [-0.2, 0) is 27.2 Å². The highest BCUT2D eigenvalue weighted by molar-refractivity contribution is 5.83. The number of nitrogens with zero attached hydrogens (tertiary/aromatic N) is 1. The molecule has 1 aliphatic rings. The lowest BCUT2D eigenvalue weighted by atomic mass is 9.94. The molecule has 7 nitrogen and oxygen atoms in total. The van der Waals surface area contributed by atoms with E-state index in [1.165, 1.54) is 0 Å². The molecule has 2 N–H and O–H groups in total. The maximum Gasteiger partial charge on any atom is 0.310 e. The Morgan fingerprint density at radius 2 is 1.55 bits per heavy atom. The number of aliphatic carboxylic acids is 2. The highest BCUT2D eigenvalue weighted by atomic mass is 16.4. The van der Waals surface area contributed by atoms with Gasteiger partial charge in [-0.2, -0.15) is 0 Å². The maximum atomic E-state index is 11.6. The molecule has 1 aliphatic carbocycles. The third kappa shape index (κ3) is 7.53. The van der Waals surface area contributed by atoms with E-state index in [1.54, 1.807) is 6.92 Å². The molecule has 206 valence electrons. The molecule has 4 aromatic rings. The summed E-state index contributed by atoms with van der Waals surface area (Å²) >= 11 is 0. The molecular weight excluding hydrogens is 506 g/mol. The second kappa shape index (κ2) is 13.5. The zero-order chi connectivity index (χ0) is 28.5. The molecule has 1 heterocycles. The van der Waals surface area contributed by atoms with E-state index in [1.807, 2.05) is 84.9 Å². The molecule has 0 aliphatic heterocycles. The number of hydrogen-bond donors (Lipinski definition) is 2. The predicted molar refractivity (Wildman–Crippen MR) is 152 cm³/mol. The minimum absolute atomic E-state index is 0.00295. The number of Topliss-reactive ketones (excluding diaryl/α,β-unsaturated/α-hetero) is 1. The number of benzene rings is 3. The van der Waals surface area contributed by atoms with Crippen molar-refractivity contribution in [2.24, 2.45) is 5.92 Å². The molecule has 1 aromatic heterocycles. The highest BCUT2D eigenvalue weighted by Gasteiger charge is 2.24. The van der Waals surface area contributed by atoms with Gasteiger partial charge in [-0.15, -0.1) is 0 Å². The second-order valence-corrected chi connectivity index (χ2v) is 9.97. The van der Waals surface area contributed by atoms with Crippen molar-refractivity contribution in [2.75, 3.05) is 0 Å². The summed E-state index contributed by atoms with van der Waals surface area (Å²) in [5.74, 6) is -0.486. The summed E-state index contributed by atoms with van der Waals surface area (Å²) in [6.07, 6.45) is 3.80. The molecule has 0 radical (unpaired) electrons. The van der Waals surface area contributed by atoms with E-state index < -0.39 is 17.9 Å². The van der Waals surface area contributed by atoms with Crippen molar-refractivity contribution in [3.05, 3.63) is 102 Å². The Labute approximate surface area is 233 Å². The summed E-state index contributed by atoms with van der Waals surface area (Å²) in [4.78, 5) is 37.7. The number of carbonyl (C=O) groups is 3. The summed E-state index contributed by atoms with van der Waals surface area (Å²) in [6, 6.07) is 27.1. The highest BCUT2D eigenvalue weighted by Crippen LogP contribution is 2.33. The van der Waals surface area contributed by atoms with Crippen LogP contribution in [0.2, 0.25) is 0 Å². The fraction of sp³-hybridized carbons (Fsp3) is 0.273. The number of carbonyl (C=O) groups excluding carboxylic acids is 1. The lowest BCUT2D eigenvalue weighted by molar-refractivity contribution is -0.138. The van der Waals surface area contributed by atoms with Crippen LogP contribution in [0.5, 0.6) is 0 Å². The maximum absolute atomic E-state index is 11.6. The first-order chi connectivity index (χ1) is 19.3.